The van der Waals surface area contributed by atoms with Crippen LogP contribution in [-0.4, -0.2) is 16.9 Å². The van der Waals surface area contributed by atoms with Crippen LogP contribution in [0.1, 0.15) is 25.3 Å². The Morgan fingerprint density at radius 3 is 2.61 bits per heavy atom. The highest BCUT2D eigenvalue weighted by molar-refractivity contribution is 6.32. The van der Waals surface area contributed by atoms with Crippen LogP contribution in [0.25, 0.3) is 0 Å². The minimum absolute atomic E-state index is 0.0382. The van der Waals surface area contributed by atoms with E-state index in [2.05, 4.69) is 10.3 Å². The molecule has 0 fully saturated rings. The van der Waals surface area contributed by atoms with Gasteiger partial charge in [0.15, 0.2) is 0 Å². The van der Waals surface area contributed by atoms with Gasteiger partial charge in [-0.3, -0.25) is 0 Å². The zero-order chi connectivity index (χ0) is 13.8. The van der Waals surface area contributed by atoms with Gasteiger partial charge < -0.3 is 5.32 Å². The van der Waals surface area contributed by atoms with Gasteiger partial charge in [-0.1, -0.05) is 11.6 Å². The van der Waals surface area contributed by atoms with Crippen LogP contribution in [-0.2, 0) is 6.18 Å². The summed E-state index contributed by atoms with van der Waals surface area (Å²) in [7, 11) is 0. The van der Waals surface area contributed by atoms with E-state index in [1.807, 2.05) is 6.92 Å². The molecule has 0 radical (unpaired) electrons. The van der Waals surface area contributed by atoms with E-state index < -0.39 is 11.7 Å². The van der Waals surface area contributed by atoms with Gasteiger partial charge >= 0.3 is 6.18 Å². The lowest BCUT2D eigenvalue weighted by atomic mass is 10.2. The standard InChI is InChI=1S/C11H13Cl2F3N2/c1-7(12)3-2-4-17-10-9(13)5-8(6-18-10)11(14,15)16/h5-7H,2-4H2,1H3,(H,17,18). The van der Waals surface area contributed by atoms with Crippen LogP contribution in [0.15, 0.2) is 12.3 Å². The quantitative estimate of drug-likeness (QED) is 0.636. The lowest BCUT2D eigenvalue weighted by Gasteiger charge is -2.11. The summed E-state index contributed by atoms with van der Waals surface area (Å²) in [4.78, 5) is 3.67. The van der Waals surface area contributed by atoms with Crippen LogP contribution < -0.4 is 5.32 Å². The van der Waals surface area contributed by atoms with Gasteiger partial charge in [0.1, 0.15) is 5.82 Å². The molecule has 1 aromatic rings. The molecule has 0 bridgehead atoms. The number of hydrogen-bond acceptors (Lipinski definition) is 2. The summed E-state index contributed by atoms with van der Waals surface area (Å²) in [5.41, 5.74) is -0.854. The van der Waals surface area contributed by atoms with E-state index >= 15 is 0 Å². The maximum Gasteiger partial charge on any atom is 0.417 e. The lowest BCUT2D eigenvalue weighted by Crippen LogP contribution is -2.09. The Kier molecular flexibility index (Phi) is 5.53. The van der Waals surface area contributed by atoms with E-state index in [0.29, 0.717) is 6.54 Å². The van der Waals surface area contributed by atoms with Crippen LogP contribution in [0.5, 0.6) is 0 Å². The lowest BCUT2D eigenvalue weighted by molar-refractivity contribution is -0.137. The molecule has 0 amide bonds. The zero-order valence-corrected chi connectivity index (χ0v) is 11.2. The first-order valence-electron chi connectivity index (χ1n) is 5.41. The molecule has 0 saturated carbocycles. The first kappa shape index (κ1) is 15.4. The van der Waals surface area contributed by atoms with Crippen LogP contribution in [0, 0.1) is 0 Å². The molecular formula is C11H13Cl2F3N2. The zero-order valence-electron chi connectivity index (χ0n) is 9.69. The van der Waals surface area contributed by atoms with Crippen LogP contribution >= 0.6 is 23.2 Å². The van der Waals surface area contributed by atoms with Crippen LogP contribution in [0.2, 0.25) is 5.02 Å². The Hall–Kier alpha value is -0.680. The number of aromatic nitrogens is 1. The second-order valence-corrected chi connectivity index (χ2v) is 5.05. The smallest absolute Gasteiger partial charge is 0.369 e. The maximum atomic E-state index is 12.4. The second-order valence-electron chi connectivity index (χ2n) is 3.90. The van der Waals surface area contributed by atoms with Gasteiger partial charge in [0.25, 0.3) is 0 Å². The topological polar surface area (TPSA) is 24.9 Å². The average molecular weight is 301 g/mol. The summed E-state index contributed by atoms with van der Waals surface area (Å²) >= 11 is 11.5. The Morgan fingerprint density at radius 1 is 1.44 bits per heavy atom. The summed E-state index contributed by atoms with van der Waals surface area (Å²) < 4.78 is 37.1. The largest absolute Gasteiger partial charge is 0.417 e. The fourth-order valence-electron chi connectivity index (χ4n) is 1.31. The number of pyridine rings is 1. The molecule has 1 N–H and O–H groups in total. The number of nitrogens with one attached hydrogen (secondary N) is 1. The van der Waals surface area contributed by atoms with E-state index in [-0.39, 0.29) is 16.2 Å². The number of hydrogen-bond donors (Lipinski definition) is 1. The van der Waals surface area contributed by atoms with Gasteiger partial charge in [0.2, 0.25) is 0 Å². The molecule has 0 aliphatic carbocycles. The molecule has 1 unspecified atom stereocenters. The van der Waals surface area contributed by atoms with Gasteiger partial charge in [-0.05, 0) is 25.8 Å². The normalized spacial score (nSPS) is 13.4. The molecule has 1 rings (SSSR count). The van der Waals surface area contributed by atoms with Crippen molar-refractivity contribution in [2.75, 3.05) is 11.9 Å². The van der Waals surface area contributed by atoms with Crippen molar-refractivity contribution in [2.45, 2.75) is 31.3 Å². The second kappa shape index (κ2) is 6.48. The average Bonchev–Trinajstić information content (AvgIpc) is 2.24. The summed E-state index contributed by atoms with van der Waals surface area (Å²) in [5.74, 6) is 0.256. The van der Waals surface area contributed by atoms with Crippen molar-refractivity contribution in [2.24, 2.45) is 0 Å². The van der Waals surface area contributed by atoms with E-state index in [4.69, 9.17) is 23.2 Å². The minimum Gasteiger partial charge on any atom is -0.369 e. The molecule has 0 aliphatic heterocycles. The highest BCUT2D eigenvalue weighted by atomic mass is 35.5. The molecular weight excluding hydrogens is 288 g/mol. The van der Waals surface area contributed by atoms with Crippen molar-refractivity contribution in [3.8, 4) is 0 Å². The van der Waals surface area contributed by atoms with Gasteiger partial charge in [-0.2, -0.15) is 13.2 Å². The highest BCUT2D eigenvalue weighted by Gasteiger charge is 2.31. The minimum atomic E-state index is -4.43. The van der Waals surface area contributed by atoms with Crippen molar-refractivity contribution >= 4 is 29.0 Å². The molecule has 0 saturated heterocycles. The van der Waals surface area contributed by atoms with Crippen LogP contribution in [0.3, 0.4) is 0 Å². The van der Waals surface area contributed by atoms with E-state index in [0.717, 1.165) is 25.1 Å². The number of nitrogens with zero attached hydrogens (tertiary/aromatic N) is 1. The Bertz CT molecular complexity index is 394. The highest BCUT2D eigenvalue weighted by Crippen LogP contribution is 2.32. The van der Waals surface area contributed by atoms with E-state index in [1.165, 1.54) is 0 Å². The fraction of sp³-hybridized carbons (Fsp3) is 0.545. The molecule has 1 atom stereocenters. The third-order valence-corrected chi connectivity index (χ3v) is 2.75. The number of halogens is 5. The van der Waals surface area contributed by atoms with Gasteiger partial charge in [0.05, 0.1) is 10.6 Å². The molecule has 1 heterocycles. The molecule has 7 heteroatoms. The molecule has 102 valence electrons. The summed E-state index contributed by atoms with van der Waals surface area (Å²) in [6.45, 7) is 2.44. The summed E-state index contributed by atoms with van der Waals surface area (Å²) in [5, 5.41) is 2.91. The van der Waals surface area contributed by atoms with Crippen molar-refractivity contribution in [3.05, 3.63) is 22.8 Å². The molecule has 1 aromatic heterocycles. The van der Waals surface area contributed by atoms with Crippen molar-refractivity contribution in [1.82, 2.24) is 4.98 Å². The fourth-order valence-corrected chi connectivity index (χ4v) is 1.70. The molecule has 2 nitrogen and oxygen atoms in total. The van der Waals surface area contributed by atoms with Crippen molar-refractivity contribution < 1.29 is 13.2 Å². The Balaban J connectivity index is 2.58. The number of anilines is 1. The summed E-state index contributed by atoms with van der Waals surface area (Å²) in [6.07, 6.45) is -2.06. The monoisotopic (exact) mass is 300 g/mol. The first-order chi connectivity index (χ1) is 8.30. The third kappa shape index (κ3) is 4.90. The van der Waals surface area contributed by atoms with Gasteiger partial charge in [-0.25, -0.2) is 4.98 Å². The first-order valence-corrected chi connectivity index (χ1v) is 6.23. The van der Waals surface area contributed by atoms with Crippen molar-refractivity contribution in [1.29, 1.82) is 0 Å². The predicted molar refractivity (Wildman–Crippen MR) is 67.3 cm³/mol. The number of rotatable bonds is 5. The third-order valence-electron chi connectivity index (χ3n) is 2.24. The molecule has 0 spiro atoms. The molecule has 18 heavy (non-hydrogen) atoms. The predicted octanol–water partition coefficient (Wildman–Crippen LogP) is 4.57. The van der Waals surface area contributed by atoms with Crippen LogP contribution in [0.4, 0.5) is 19.0 Å². The Morgan fingerprint density at radius 2 is 2.11 bits per heavy atom. The van der Waals surface area contributed by atoms with Crippen molar-refractivity contribution in [3.63, 3.8) is 0 Å². The van der Waals surface area contributed by atoms with Gasteiger partial charge in [0, 0.05) is 18.1 Å². The summed E-state index contributed by atoms with van der Waals surface area (Å²) in [6, 6.07) is 0.862. The van der Waals surface area contributed by atoms with Gasteiger partial charge in [-0.15, -0.1) is 11.6 Å². The molecule has 0 aliphatic rings. The SMILES string of the molecule is CC(Cl)CCCNc1ncc(C(F)(F)F)cc1Cl. The molecule has 0 aromatic carbocycles. The maximum absolute atomic E-state index is 12.4. The number of alkyl halides is 4. The van der Waals surface area contributed by atoms with E-state index in [9.17, 15) is 13.2 Å². The Labute approximate surface area is 113 Å². The van der Waals surface area contributed by atoms with E-state index in [1.54, 1.807) is 0 Å².